The van der Waals surface area contributed by atoms with Gasteiger partial charge in [0.1, 0.15) is 0 Å². The molecule has 1 heterocycles. The summed E-state index contributed by atoms with van der Waals surface area (Å²) in [5.74, 6) is -0.0385. The van der Waals surface area contributed by atoms with Crippen molar-refractivity contribution in [2.75, 3.05) is 19.8 Å². The molecule has 0 bridgehead atoms. The predicted molar refractivity (Wildman–Crippen MR) is 78.2 cm³/mol. The van der Waals surface area contributed by atoms with E-state index in [1.165, 1.54) is 0 Å². The van der Waals surface area contributed by atoms with Crippen molar-refractivity contribution in [3.63, 3.8) is 0 Å². The molecule has 0 unspecified atom stereocenters. The second-order valence-corrected chi connectivity index (χ2v) is 5.71. The first-order chi connectivity index (χ1) is 9.52. The predicted octanol–water partition coefficient (Wildman–Crippen LogP) is 2.14. The van der Waals surface area contributed by atoms with Crippen LogP contribution in [0.1, 0.15) is 12.5 Å². The number of halogens is 2. The van der Waals surface area contributed by atoms with Gasteiger partial charge in [-0.25, -0.2) is 0 Å². The van der Waals surface area contributed by atoms with Crippen LogP contribution in [0.15, 0.2) is 18.2 Å². The van der Waals surface area contributed by atoms with Crippen LogP contribution in [0.5, 0.6) is 0 Å². The van der Waals surface area contributed by atoms with Gasteiger partial charge in [0.15, 0.2) is 0 Å². The lowest BCUT2D eigenvalue weighted by Crippen LogP contribution is -2.52. The number of carbonyl (C=O) groups excluding carboxylic acids is 1. The topological polar surface area (TPSA) is 49.8 Å². The maximum absolute atomic E-state index is 12.4. The van der Waals surface area contributed by atoms with Crippen molar-refractivity contribution in [3.8, 4) is 0 Å². The number of benzene rings is 1. The van der Waals surface area contributed by atoms with Gasteiger partial charge in [-0.1, -0.05) is 35.3 Å². The molecule has 2 atom stereocenters. The van der Waals surface area contributed by atoms with Crippen LogP contribution in [0.25, 0.3) is 0 Å². The number of hydrogen-bond donors (Lipinski definition) is 1. The Labute approximate surface area is 128 Å². The van der Waals surface area contributed by atoms with Crippen molar-refractivity contribution < 1.29 is 14.6 Å². The lowest BCUT2D eigenvalue weighted by molar-refractivity contribution is -0.145. The number of morpholine rings is 1. The number of aliphatic hydroxyl groups excluding tert-OH is 1. The SMILES string of the molecule is C[C@H]1CO[C@H](CO)CN1C(=O)Cc1cccc(Cl)c1Cl. The van der Waals surface area contributed by atoms with Crippen molar-refractivity contribution in [1.29, 1.82) is 0 Å². The standard InChI is InChI=1S/C14H17Cl2NO3/c1-9-8-20-11(7-18)6-17(9)13(19)5-10-3-2-4-12(15)14(10)16/h2-4,9,11,18H,5-8H2,1H3/t9-,11-/m0/s1. The first-order valence-corrected chi connectivity index (χ1v) is 7.23. The molecule has 1 amide bonds. The zero-order chi connectivity index (χ0) is 14.7. The normalized spacial score (nSPS) is 22.9. The molecule has 0 radical (unpaired) electrons. The maximum atomic E-state index is 12.4. The minimum Gasteiger partial charge on any atom is -0.394 e. The number of carbonyl (C=O) groups is 1. The summed E-state index contributed by atoms with van der Waals surface area (Å²) in [5.41, 5.74) is 0.711. The summed E-state index contributed by atoms with van der Waals surface area (Å²) in [6.07, 6.45) is -0.119. The molecule has 1 aliphatic heterocycles. The molecule has 6 heteroatoms. The van der Waals surface area contributed by atoms with Gasteiger partial charge < -0.3 is 14.7 Å². The molecule has 0 spiro atoms. The van der Waals surface area contributed by atoms with Crippen LogP contribution in [-0.4, -0.2) is 47.8 Å². The van der Waals surface area contributed by atoms with Gasteiger partial charge in [0.2, 0.25) is 5.91 Å². The number of nitrogens with zero attached hydrogens (tertiary/aromatic N) is 1. The van der Waals surface area contributed by atoms with Crippen molar-refractivity contribution in [3.05, 3.63) is 33.8 Å². The van der Waals surface area contributed by atoms with E-state index in [0.717, 1.165) is 0 Å². The molecule has 1 aromatic carbocycles. The summed E-state index contributed by atoms with van der Waals surface area (Å²) in [5, 5.41) is 10.0. The number of aliphatic hydroxyl groups is 1. The lowest BCUT2D eigenvalue weighted by Gasteiger charge is -2.37. The molecule has 1 saturated heterocycles. The summed E-state index contributed by atoms with van der Waals surface area (Å²) in [7, 11) is 0. The molecule has 0 saturated carbocycles. The van der Waals surface area contributed by atoms with Gasteiger partial charge in [0.25, 0.3) is 0 Å². The number of amides is 1. The molecular weight excluding hydrogens is 301 g/mol. The fourth-order valence-corrected chi connectivity index (χ4v) is 2.61. The Morgan fingerprint density at radius 1 is 1.50 bits per heavy atom. The van der Waals surface area contributed by atoms with E-state index in [9.17, 15) is 4.79 Å². The summed E-state index contributed by atoms with van der Waals surface area (Å²) in [6, 6.07) is 5.25. The molecule has 1 aromatic rings. The molecule has 1 N–H and O–H groups in total. The van der Waals surface area contributed by atoms with Crippen LogP contribution < -0.4 is 0 Å². The molecule has 4 nitrogen and oxygen atoms in total. The van der Waals surface area contributed by atoms with Gasteiger partial charge in [-0.3, -0.25) is 4.79 Å². The van der Waals surface area contributed by atoms with Gasteiger partial charge >= 0.3 is 0 Å². The Morgan fingerprint density at radius 3 is 2.95 bits per heavy atom. The number of hydrogen-bond acceptors (Lipinski definition) is 3. The summed E-state index contributed by atoms with van der Waals surface area (Å²) < 4.78 is 5.42. The van der Waals surface area contributed by atoms with E-state index in [2.05, 4.69) is 0 Å². The fourth-order valence-electron chi connectivity index (χ4n) is 2.22. The fraction of sp³-hybridized carbons (Fsp3) is 0.500. The Bertz CT molecular complexity index is 495. The Morgan fingerprint density at radius 2 is 2.25 bits per heavy atom. The van der Waals surface area contributed by atoms with Gasteiger partial charge in [0.05, 0.1) is 41.8 Å². The third-order valence-electron chi connectivity index (χ3n) is 3.40. The lowest BCUT2D eigenvalue weighted by atomic mass is 10.1. The summed E-state index contributed by atoms with van der Waals surface area (Å²) in [4.78, 5) is 14.1. The third-order valence-corrected chi connectivity index (χ3v) is 4.26. The quantitative estimate of drug-likeness (QED) is 0.929. The van der Waals surface area contributed by atoms with Gasteiger partial charge in [-0.05, 0) is 18.6 Å². The highest BCUT2D eigenvalue weighted by Gasteiger charge is 2.29. The molecule has 110 valence electrons. The van der Waals surface area contributed by atoms with E-state index >= 15 is 0 Å². The highest BCUT2D eigenvalue weighted by atomic mass is 35.5. The first kappa shape index (κ1) is 15.6. The average Bonchev–Trinajstić information content (AvgIpc) is 2.44. The smallest absolute Gasteiger partial charge is 0.227 e. The van der Waals surface area contributed by atoms with Crippen LogP contribution in [0.2, 0.25) is 10.0 Å². The van der Waals surface area contributed by atoms with Crippen LogP contribution in [0.4, 0.5) is 0 Å². The van der Waals surface area contributed by atoms with E-state index in [-0.39, 0.29) is 31.1 Å². The third kappa shape index (κ3) is 3.44. The Kier molecular flexibility index (Phi) is 5.27. The number of ether oxygens (including phenoxy) is 1. The first-order valence-electron chi connectivity index (χ1n) is 6.47. The molecule has 2 rings (SSSR count). The Hall–Kier alpha value is -0.810. The van der Waals surface area contributed by atoms with E-state index in [1.54, 1.807) is 23.1 Å². The summed E-state index contributed by atoms with van der Waals surface area (Å²) >= 11 is 12.0. The van der Waals surface area contributed by atoms with Crippen molar-refractivity contribution >= 4 is 29.1 Å². The molecule has 0 aliphatic carbocycles. The second-order valence-electron chi connectivity index (χ2n) is 4.92. The average molecular weight is 318 g/mol. The Balaban J connectivity index is 2.09. The zero-order valence-corrected chi connectivity index (χ0v) is 12.7. The largest absolute Gasteiger partial charge is 0.394 e. The van der Waals surface area contributed by atoms with E-state index in [0.29, 0.717) is 28.8 Å². The molecule has 1 fully saturated rings. The highest BCUT2D eigenvalue weighted by Crippen LogP contribution is 2.26. The van der Waals surface area contributed by atoms with Crippen molar-refractivity contribution in [1.82, 2.24) is 4.90 Å². The van der Waals surface area contributed by atoms with Crippen LogP contribution >= 0.6 is 23.2 Å². The zero-order valence-electron chi connectivity index (χ0n) is 11.2. The summed E-state index contributed by atoms with van der Waals surface area (Å²) in [6.45, 7) is 2.66. The monoisotopic (exact) mass is 317 g/mol. The maximum Gasteiger partial charge on any atom is 0.227 e. The highest BCUT2D eigenvalue weighted by molar-refractivity contribution is 6.42. The molecule has 1 aliphatic rings. The van der Waals surface area contributed by atoms with Gasteiger partial charge in [0, 0.05) is 6.54 Å². The van der Waals surface area contributed by atoms with Crippen molar-refractivity contribution in [2.24, 2.45) is 0 Å². The van der Waals surface area contributed by atoms with Crippen molar-refractivity contribution in [2.45, 2.75) is 25.5 Å². The molecule has 20 heavy (non-hydrogen) atoms. The van der Waals surface area contributed by atoms with Gasteiger partial charge in [-0.2, -0.15) is 0 Å². The van der Waals surface area contributed by atoms with E-state index in [4.69, 9.17) is 33.0 Å². The second kappa shape index (κ2) is 6.76. The van der Waals surface area contributed by atoms with Gasteiger partial charge in [-0.15, -0.1) is 0 Å². The molecular formula is C14H17Cl2NO3. The minimum absolute atomic E-state index is 0.0109. The van der Waals surface area contributed by atoms with Crippen LogP contribution in [0.3, 0.4) is 0 Å². The van der Waals surface area contributed by atoms with E-state index in [1.807, 2.05) is 6.92 Å². The van der Waals surface area contributed by atoms with Crippen LogP contribution in [0, 0.1) is 0 Å². The number of rotatable bonds is 3. The van der Waals surface area contributed by atoms with Crippen LogP contribution in [-0.2, 0) is 16.0 Å². The molecule has 0 aromatic heterocycles. The van der Waals surface area contributed by atoms with E-state index < -0.39 is 0 Å². The minimum atomic E-state index is -0.315.